The number of aromatic amines is 1. The lowest BCUT2D eigenvalue weighted by Gasteiger charge is -2.26. The lowest BCUT2D eigenvalue weighted by atomic mass is 10.1. The van der Waals surface area contributed by atoms with Gasteiger partial charge in [0.2, 0.25) is 10.0 Å². The number of amides is 1. The number of hydrogen-bond acceptors (Lipinski definition) is 5. The molecule has 0 aliphatic carbocycles. The molecule has 4 rings (SSSR count). The Labute approximate surface area is 169 Å². The molecule has 1 amide bonds. The molecule has 1 aromatic carbocycles. The first kappa shape index (κ1) is 19.8. The van der Waals surface area contributed by atoms with Crippen LogP contribution in [0, 0.1) is 6.92 Å². The van der Waals surface area contributed by atoms with E-state index in [0.717, 1.165) is 11.8 Å². The van der Waals surface area contributed by atoms with Gasteiger partial charge in [0.15, 0.2) is 0 Å². The van der Waals surface area contributed by atoms with Crippen LogP contribution >= 0.6 is 0 Å². The van der Waals surface area contributed by atoms with Crippen molar-refractivity contribution in [3.05, 3.63) is 62.8 Å². The SMILES string of the molecule is Cc1ccc(C(=O)N2CCC(c3nc4c(c(=O)[nH]3)CCN(S(C)(=O)=O)C4)C2)cc1. The number of carbonyl (C=O) groups excluding carboxylic acids is 1. The summed E-state index contributed by atoms with van der Waals surface area (Å²) in [6.07, 6.45) is 2.22. The zero-order valence-corrected chi connectivity index (χ0v) is 17.3. The highest BCUT2D eigenvalue weighted by Gasteiger charge is 2.32. The van der Waals surface area contributed by atoms with Crippen LogP contribution in [-0.4, -0.2) is 59.4 Å². The fourth-order valence-corrected chi connectivity index (χ4v) is 4.74. The Hall–Kier alpha value is -2.52. The van der Waals surface area contributed by atoms with Crippen LogP contribution in [0.3, 0.4) is 0 Å². The Morgan fingerprint density at radius 2 is 1.93 bits per heavy atom. The molecule has 1 aromatic heterocycles. The molecule has 1 saturated heterocycles. The molecule has 0 radical (unpaired) electrons. The van der Waals surface area contributed by atoms with E-state index in [0.29, 0.717) is 48.6 Å². The van der Waals surface area contributed by atoms with Crippen molar-refractivity contribution in [2.24, 2.45) is 0 Å². The van der Waals surface area contributed by atoms with E-state index >= 15 is 0 Å². The van der Waals surface area contributed by atoms with Gasteiger partial charge in [0, 0.05) is 36.7 Å². The molecule has 3 heterocycles. The number of aromatic nitrogens is 2. The summed E-state index contributed by atoms with van der Waals surface area (Å²) in [6.45, 7) is 3.45. The number of aryl methyl sites for hydroxylation is 1. The first-order chi connectivity index (χ1) is 13.7. The maximum Gasteiger partial charge on any atom is 0.254 e. The average Bonchev–Trinajstić information content (AvgIpc) is 3.17. The first-order valence-electron chi connectivity index (χ1n) is 9.65. The molecule has 2 aromatic rings. The fourth-order valence-electron chi connectivity index (χ4n) is 3.96. The van der Waals surface area contributed by atoms with E-state index in [1.54, 1.807) is 4.90 Å². The second-order valence-electron chi connectivity index (χ2n) is 7.83. The van der Waals surface area contributed by atoms with Gasteiger partial charge in [-0.1, -0.05) is 17.7 Å². The monoisotopic (exact) mass is 416 g/mol. The zero-order valence-electron chi connectivity index (χ0n) is 16.5. The lowest BCUT2D eigenvalue weighted by Crippen LogP contribution is -2.39. The van der Waals surface area contributed by atoms with Crippen LogP contribution in [0.4, 0.5) is 0 Å². The van der Waals surface area contributed by atoms with Crippen molar-refractivity contribution in [1.82, 2.24) is 19.2 Å². The van der Waals surface area contributed by atoms with Crippen molar-refractivity contribution in [2.75, 3.05) is 25.9 Å². The minimum Gasteiger partial charge on any atom is -0.338 e. The van der Waals surface area contributed by atoms with Crippen LogP contribution in [0.5, 0.6) is 0 Å². The normalized spacial score (nSPS) is 19.9. The highest BCUT2D eigenvalue weighted by molar-refractivity contribution is 7.88. The Bertz CT molecular complexity index is 1110. The Balaban J connectivity index is 1.54. The first-order valence-corrected chi connectivity index (χ1v) is 11.5. The van der Waals surface area contributed by atoms with Crippen LogP contribution in [0.15, 0.2) is 29.1 Å². The number of benzene rings is 1. The molecule has 29 heavy (non-hydrogen) atoms. The number of fused-ring (bicyclic) bond motifs is 1. The van der Waals surface area contributed by atoms with Crippen molar-refractivity contribution in [1.29, 1.82) is 0 Å². The number of likely N-dealkylation sites (tertiary alicyclic amines) is 1. The zero-order chi connectivity index (χ0) is 20.8. The minimum absolute atomic E-state index is 0.0314. The quantitative estimate of drug-likeness (QED) is 0.805. The smallest absolute Gasteiger partial charge is 0.254 e. The molecule has 0 spiro atoms. The lowest BCUT2D eigenvalue weighted by molar-refractivity contribution is 0.0790. The number of nitrogens with one attached hydrogen (secondary N) is 1. The molecule has 0 saturated carbocycles. The van der Waals surface area contributed by atoms with Gasteiger partial charge in [0.05, 0.1) is 18.5 Å². The summed E-state index contributed by atoms with van der Waals surface area (Å²) < 4.78 is 25.1. The van der Waals surface area contributed by atoms with Gasteiger partial charge >= 0.3 is 0 Å². The Kier molecular flexibility index (Phi) is 5.04. The van der Waals surface area contributed by atoms with E-state index in [4.69, 9.17) is 0 Å². The van der Waals surface area contributed by atoms with Gasteiger partial charge in [-0.15, -0.1) is 0 Å². The van der Waals surface area contributed by atoms with Gasteiger partial charge in [-0.25, -0.2) is 13.4 Å². The molecule has 8 nitrogen and oxygen atoms in total. The minimum atomic E-state index is -3.34. The number of H-pyrrole nitrogens is 1. The van der Waals surface area contributed by atoms with Crippen molar-refractivity contribution < 1.29 is 13.2 Å². The number of rotatable bonds is 3. The van der Waals surface area contributed by atoms with E-state index in [9.17, 15) is 18.0 Å². The van der Waals surface area contributed by atoms with Crippen LogP contribution < -0.4 is 5.56 Å². The summed E-state index contributed by atoms with van der Waals surface area (Å²) in [5.41, 5.74) is 2.61. The van der Waals surface area contributed by atoms with Crippen molar-refractivity contribution in [2.45, 2.75) is 32.2 Å². The summed E-state index contributed by atoms with van der Waals surface area (Å²) in [6, 6.07) is 7.47. The van der Waals surface area contributed by atoms with Gasteiger partial charge in [-0.05, 0) is 31.9 Å². The molecule has 0 bridgehead atoms. The van der Waals surface area contributed by atoms with E-state index in [1.807, 2.05) is 31.2 Å². The second kappa shape index (κ2) is 7.38. The van der Waals surface area contributed by atoms with E-state index < -0.39 is 10.0 Å². The molecule has 9 heteroatoms. The Morgan fingerprint density at radius 3 is 2.62 bits per heavy atom. The van der Waals surface area contributed by atoms with Gasteiger partial charge in [-0.3, -0.25) is 9.59 Å². The maximum atomic E-state index is 12.7. The van der Waals surface area contributed by atoms with E-state index in [-0.39, 0.29) is 30.5 Å². The van der Waals surface area contributed by atoms with Crippen molar-refractivity contribution in [3.8, 4) is 0 Å². The molecule has 1 unspecified atom stereocenters. The molecule has 2 aliphatic heterocycles. The highest BCUT2D eigenvalue weighted by atomic mass is 32.2. The molecule has 1 N–H and O–H groups in total. The Morgan fingerprint density at radius 1 is 1.21 bits per heavy atom. The molecule has 1 atom stereocenters. The molecular formula is C20H24N4O4S. The fraction of sp³-hybridized carbons (Fsp3) is 0.450. The number of nitrogens with zero attached hydrogens (tertiary/aromatic N) is 3. The standard InChI is InChI=1S/C20H24N4O4S/c1-13-3-5-14(6-4-13)20(26)23-9-7-15(11-23)18-21-17-12-24(29(2,27)28)10-8-16(17)19(25)22-18/h3-6,15H,7-12H2,1-2H3,(H,21,22,25). The van der Waals surface area contributed by atoms with Crippen molar-refractivity contribution >= 4 is 15.9 Å². The average molecular weight is 417 g/mol. The topological polar surface area (TPSA) is 103 Å². The van der Waals surface area contributed by atoms with Gasteiger partial charge in [0.1, 0.15) is 5.82 Å². The van der Waals surface area contributed by atoms with E-state index in [1.165, 1.54) is 4.31 Å². The number of hydrogen-bond donors (Lipinski definition) is 1. The van der Waals surface area contributed by atoms with Crippen LogP contribution in [-0.2, 0) is 23.0 Å². The highest BCUT2D eigenvalue weighted by Crippen LogP contribution is 2.27. The van der Waals surface area contributed by atoms with Gasteiger partial charge < -0.3 is 9.88 Å². The van der Waals surface area contributed by atoms with Crippen molar-refractivity contribution in [3.63, 3.8) is 0 Å². The van der Waals surface area contributed by atoms with E-state index in [2.05, 4.69) is 9.97 Å². The second-order valence-corrected chi connectivity index (χ2v) is 9.81. The summed E-state index contributed by atoms with van der Waals surface area (Å²) in [7, 11) is -3.34. The molecule has 154 valence electrons. The predicted molar refractivity (Wildman–Crippen MR) is 108 cm³/mol. The third-order valence-corrected chi connectivity index (χ3v) is 6.94. The molecular weight excluding hydrogens is 392 g/mol. The van der Waals surface area contributed by atoms with Crippen LogP contribution in [0.1, 0.15) is 45.3 Å². The van der Waals surface area contributed by atoms with Crippen LogP contribution in [0.2, 0.25) is 0 Å². The summed E-state index contributed by atoms with van der Waals surface area (Å²) in [4.78, 5) is 34.5. The maximum absolute atomic E-state index is 12.7. The third-order valence-electron chi connectivity index (χ3n) is 5.69. The molecule has 1 fully saturated rings. The third kappa shape index (κ3) is 3.97. The largest absolute Gasteiger partial charge is 0.338 e. The van der Waals surface area contributed by atoms with Gasteiger partial charge in [0.25, 0.3) is 11.5 Å². The number of carbonyl (C=O) groups is 1. The van der Waals surface area contributed by atoms with Crippen LogP contribution in [0.25, 0.3) is 0 Å². The number of sulfonamides is 1. The summed E-state index contributed by atoms with van der Waals surface area (Å²) in [5, 5.41) is 0. The summed E-state index contributed by atoms with van der Waals surface area (Å²) in [5.74, 6) is 0.426. The van der Waals surface area contributed by atoms with Gasteiger partial charge in [-0.2, -0.15) is 4.31 Å². The predicted octanol–water partition coefficient (Wildman–Crippen LogP) is 1.03. The summed E-state index contributed by atoms with van der Waals surface area (Å²) >= 11 is 0. The molecule has 2 aliphatic rings.